The molecule has 0 amide bonds. The molecule has 1 aromatic heterocycles. The van der Waals surface area contributed by atoms with E-state index in [1.54, 1.807) is 30.5 Å². The zero-order valence-corrected chi connectivity index (χ0v) is 16.6. The predicted octanol–water partition coefficient (Wildman–Crippen LogP) is 4.68. The van der Waals surface area contributed by atoms with Crippen molar-refractivity contribution >= 4 is 17.2 Å². The number of hydrogen-bond acceptors (Lipinski definition) is 5. The van der Waals surface area contributed by atoms with Crippen LogP contribution >= 0.6 is 0 Å². The Kier molecular flexibility index (Phi) is 5.50. The highest BCUT2D eigenvalue weighted by molar-refractivity contribution is 6.08. The van der Waals surface area contributed by atoms with Crippen molar-refractivity contribution in [1.29, 1.82) is 0 Å². The number of carbonyl (C=O) groups excluding carboxylic acids is 1. The number of hydrogen-bond donors (Lipinski definition) is 0. The molecule has 8 nitrogen and oxygen atoms in total. The van der Waals surface area contributed by atoms with Gasteiger partial charge in [0.15, 0.2) is 12.0 Å². The summed E-state index contributed by atoms with van der Waals surface area (Å²) >= 11 is 0. The lowest BCUT2D eigenvalue weighted by atomic mass is 10.0. The van der Waals surface area contributed by atoms with Gasteiger partial charge in [0, 0.05) is 53.6 Å². The fraction of sp³-hybridized carbons (Fsp3) is 0. The summed E-state index contributed by atoms with van der Waals surface area (Å²) in [7, 11) is 0. The second-order valence-electron chi connectivity index (χ2n) is 6.95. The van der Waals surface area contributed by atoms with Crippen molar-refractivity contribution < 1.29 is 19.2 Å². The molecule has 0 aliphatic carbocycles. The molecule has 1 heterocycles. The van der Waals surface area contributed by atoms with Gasteiger partial charge in [0.2, 0.25) is 11.4 Å². The second-order valence-corrected chi connectivity index (χ2v) is 6.95. The molecule has 156 valence electrons. The van der Waals surface area contributed by atoms with Gasteiger partial charge in [-0.2, -0.15) is 4.57 Å². The molecule has 0 bridgehead atoms. The monoisotopic (exact) mass is 426 g/mol. The first kappa shape index (κ1) is 20.5. The summed E-state index contributed by atoms with van der Waals surface area (Å²) in [5, 5.41) is 21.8. The van der Waals surface area contributed by atoms with Crippen molar-refractivity contribution in [2.45, 2.75) is 0 Å². The van der Waals surface area contributed by atoms with Gasteiger partial charge in [-0.15, -0.1) is 0 Å². The molecule has 32 heavy (non-hydrogen) atoms. The lowest BCUT2D eigenvalue weighted by Crippen LogP contribution is -2.34. The summed E-state index contributed by atoms with van der Waals surface area (Å²) in [5.74, 6) is -0.278. The Balaban J connectivity index is 1.78. The molecule has 4 aromatic rings. The third-order valence-corrected chi connectivity index (χ3v) is 4.96. The molecule has 0 N–H and O–H groups in total. The molecule has 3 aromatic carbocycles. The smallest absolute Gasteiger partial charge is 0.269 e. The highest BCUT2D eigenvalue weighted by Gasteiger charge is 2.21. The molecule has 0 fully saturated rings. The van der Waals surface area contributed by atoms with E-state index in [0.717, 1.165) is 16.9 Å². The molecule has 0 aliphatic rings. The summed E-state index contributed by atoms with van der Waals surface area (Å²) in [4.78, 5) is 33.9. The molecular weight excluding hydrogens is 410 g/mol. The number of nitro groups is 2. The Morgan fingerprint density at radius 1 is 0.656 bits per heavy atom. The van der Waals surface area contributed by atoms with E-state index in [2.05, 4.69) is 0 Å². The molecule has 0 unspecified atom stereocenters. The first-order valence-corrected chi connectivity index (χ1v) is 9.59. The van der Waals surface area contributed by atoms with Crippen LogP contribution in [0.2, 0.25) is 0 Å². The second kappa shape index (κ2) is 8.57. The number of para-hydroxylation sites is 1. The van der Waals surface area contributed by atoms with Crippen molar-refractivity contribution in [3.8, 4) is 16.9 Å². The largest absolute Gasteiger partial charge is 0.288 e. The molecule has 0 saturated heterocycles. The molecule has 0 atom stereocenters. The summed E-state index contributed by atoms with van der Waals surface area (Å²) in [6, 6.07) is 24.4. The Morgan fingerprint density at radius 2 is 1.19 bits per heavy atom. The van der Waals surface area contributed by atoms with E-state index >= 15 is 0 Å². The highest BCUT2D eigenvalue weighted by atomic mass is 16.6. The van der Waals surface area contributed by atoms with Crippen LogP contribution in [-0.4, -0.2) is 15.6 Å². The lowest BCUT2D eigenvalue weighted by molar-refractivity contribution is -0.584. The van der Waals surface area contributed by atoms with Gasteiger partial charge in [-0.05, 0) is 30.3 Å². The van der Waals surface area contributed by atoms with E-state index in [4.69, 9.17) is 0 Å². The normalized spacial score (nSPS) is 10.5. The number of rotatable bonds is 6. The van der Waals surface area contributed by atoms with E-state index in [9.17, 15) is 25.0 Å². The van der Waals surface area contributed by atoms with Gasteiger partial charge >= 0.3 is 0 Å². The van der Waals surface area contributed by atoms with Crippen LogP contribution in [-0.2, 0) is 0 Å². The molecule has 0 radical (unpaired) electrons. The van der Waals surface area contributed by atoms with Gasteiger partial charge in [-0.3, -0.25) is 25.0 Å². The average molecular weight is 426 g/mol. The number of nitro benzene ring substituents is 2. The quantitative estimate of drug-likeness (QED) is 0.193. The zero-order valence-electron chi connectivity index (χ0n) is 16.6. The van der Waals surface area contributed by atoms with Crippen LogP contribution in [0.4, 0.5) is 11.4 Å². The Bertz CT molecular complexity index is 1320. The topological polar surface area (TPSA) is 107 Å². The van der Waals surface area contributed by atoms with Crippen LogP contribution < -0.4 is 4.57 Å². The van der Waals surface area contributed by atoms with Gasteiger partial charge in [-0.1, -0.05) is 18.2 Å². The Morgan fingerprint density at radius 3 is 1.75 bits per heavy atom. The molecule has 0 spiro atoms. The molecule has 4 rings (SSSR count). The maximum Gasteiger partial charge on any atom is 0.269 e. The number of non-ortho nitro benzene ring substituents is 2. The minimum absolute atomic E-state index is 0.00928. The number of benzene rings is 3. The first-order valence-electron chi connectivity index (χ1n) is 9.59. The SMILES string of the molecule is O=C(c1ccc([N+](=O)[O-])cc1)c1ccc(-c2ccc([N+](=O)[O-])cc2)[n+](-c2ccccc2)c1. The van der Waals surface area contributed by atoms with Crippen LogP contribution in [0, 0.1) is 20.2 Å². The maximum absolute atomic E-state index is 13.0. The fourth-order valence-electron chi connectivity index (χ4n) is 3.33. The summed E-state index contributed by atoms with van der Waals surface area (Å²) in [5.41, 5.74) is 2.92. The fourth-order valence-corrected chi connectivity index (χ4v) is 3.33. The third-order valence-electron chi connectivity index (χ3n) is 4.96. The van der Waals surface area contributed by atoms with E-state index in [0.29, 0.717) is 11.1 Å². The van der Waals surface area contributed by atoms with Gasteiger partial charge in [0.1, 0.15) is 0 Å². The van der Waals surface area contributed by atoms with Crippen molar-refractivity contribution in [2.75, 3.05) is 0 Å². The standard InChI is InChI=1S/C24H16N3O5/c28-24(18-8-13-22(14-9-18)27(31)32)19-10-15-23(17-6-11-21(12-7-17)26(29)30)25(16-19)20-4-2-1-3-5-20/h1-16H/q+1. The van der Waals surface area contributed by atoms with Gasteiger partial charge in [-0.25, -0.2) is 0 Å². The molecule has 8 heteroatoms. The number of nitrogens with zero attached hydrogens (tertiary/aromatic N) is 3. The maximum atomic E-state index is 13.0. The minimum Gasteiger partial charge on any atom is -0.288 e. The first-order chi connectivity index (χ1) is 15.4. The van der Waals surface area contributed by atoms with E-state index in [1.807, 2.05) is 34.9 Å². The van der Waals surface area contributed by atoms with Crippen LogP contribution in [0.3, 0.4) is 0 Å². The van der Waals surface area contributed by atoms with Crippen LogP contribution in [0.15, 0.2) is 97.2 Å². The summed E-state index contributed by atoms with van der Waals surface area (Å²) in [6.45, 7) is 0. The highest BCUT2D eigenvalue weighted by Crippen LogP contribution is 2.22. The van der Waals surface area contributed by atoms with Crippen molar-refractivity contribution in [3.05, 3.63) is 129 Å². The molecule has 0 saturated carbocycles. The molecular formula is C24H16N3O5+. The summed E-state index contributed by atoms with van der Waals surface area (Å²) in [6.07, 6.45) is 1.69. The molecule has 0 aliphatic heterocycles. The van der Waals surface area contributed by atoms with E-state index in [-0.39, 0.29) is 17.2 Å². The van der Waals surface area contributed by atoms with Crippen molar-refractivity contribution in [1.82, 2.24) is 0 Å². The van der Waals surface area contributed by atoms with Crippen LogP contribution in [0.5, 0.6) is 0 Å². The number of carbonyl (C=O) groups is 1. The van der Waals surface area contributed by atoms with Crippen LogP contribution in [0.1, 0.15) is 15.9 Å². The van der Waals surface area contributed by atoms with Gasteiger partial charge in [0.25, 0.3) is 11.4 Å². The predicted molar refractivity (Wildman–Crippen MR) is 117 cm³/mol. The Labute approximate surface area is 182 Å². The van der Waals surface area contributed by atoms with Crippen LogP contribution in [0.25, 0.3) is 16.9 Å². The van der Waals surface area contributed by atoms with Crippen molar-refractivity contribution in [2.24, 2.45) is 0 Å². The van der Waals surface area contributed by atoms with E-state index < -0.39 is 9.85 Å². The number of ketones is 1. The number of aromatic nitrogens is 1. The van der Waals surface area contributed by atoms with Gasteiger partial charge in [0.05, 0.1) is 15.4 Å². The zero-order chi connectivity index (χ0) is 22.7. The number of pyridine rings is 1. The summed E-state index contributed by atoms with van der Waals surface area (Å²) < 4.78 is 1.83. The van der Waals surface area contributed by atoms with Gasteiger partial charge < -0.3 is 0 Å². The van der Waals surface area contributed by atoms with Crippen molar-refractivity contribution in [3.63, 3.8) is 0 Å². The lowest BCUT2D eigenvalue weighted by Gasteiger charge is -2.07. The van der Waals surface area contributed by atoms with E-state index in [1.165, 1.54) is 36.4 Å². The average Bonchev–Trinajstić information content (AvgIpc) is 2.84. The third kappa shape index (κ3) is 4.10. The minimum atomic E-state index is -0.517. The Hall–Kier alpha value is -4.72.